The maximum atomic E-state index is 11.4. The number of imide groups is 1. The standard InChI is InChI=1S/C12H14BrN3O2/c1-7(14)9-3-2-8(13)4-10(9)16-5-11(17)15-12(18)6-16/h2-4,7H,5-6,14H2,1H3,(H,15,17,18). The lowest BCUT2D eigenvalue weighted by Crippen LogP contribution is -2.51. The number of halogens is 1. The largest absolute Gasteiger partial charge is 0.353 e. The van der Waals surface area contributed by atoms with Crippen molar-refractivity contribution in [3.8, 4) is 0 Å². The summed E-state index contributed by atoms with van der Waals surface area (Å²) in [6.45, 7) is 2.21. The number of nitrogens with one attached hydrogen (secondary N) is 1. The number of piperazine rings is 1. The molecule has 1 aliphatic rings. The van der Waals surface area contributed by atoms with Gasteiger partial charge in [-0.3, -0.25) is 14.9 Å². The Hall–Kier alpha value is -1.40. The minimum absolute atomic E-state index is 0.159. The Balaban J connectivity index is 2.39. The zero-order chi connectivity index (χ0) is 13.3. The van der Waals surface area contributed by atoms with Crippen LogP contribution in [-0.4, -0.2) is 24.9 Å². The molecule has 1 aromatic carbocycles. The van der Waals surface area contributed by atoms with E-state index in [9.17, 15) is 9.59 Å². The van der Waals surface area contributed by atoms with Gasteiger partial charge in [-0.05, 0) is 24.6 Å². The number of anilines is 1. The Labute approximate surface area is 113 Å². The Morgan fingerprint density at radius 1 is 1.33 bits per heavy atom. The van der Waals surface area contributed by atoms with Gasteiger partial charge in [-0.1, -0.05) is 22.0 Å². The third kappa shape index (κ3) is 2.70. The number of hydrogen-bond acceptors (Lipinski definition) is 4. The van der Waals surface area contributed by atoms with Crippen LogP contribution in [0.4, 0.5) is 5.69 Å². The first-order chi connectivity index (χ1) is 8.47. The van der Waals surface area contributed by atoms with E-state index < -0.39 is 0 Å². The van der Waals surface area contributed by atoms with Crippen LogP contribution >= 0.6 is 15.9 Å². The highest BCUT2D eigenvalue weighted by molar-refractivity contribution is 9.10. The molecule has 1 unspecified atom stereocenters. The Kier molecular flexibility index (Phi) is 3.68. The molecule has 2 amide bonds. The van der Waals surface area contributed by atoms with E-state index in [1.54, 1.807) is 4.90 Å². The van der Waals surface area contributed by atoms with Crippen molar-refractivity contribution < 1.29 is 9.59 Å². The predicted octanol–water partition coefficient (Wildman–Crippen LogP) is 0.932. The summed E-state index contributed by atoms with van der Waals surface area (Å²) in [5.41, 5.74) is 7.65. The van der Waals surface area contributed by atoms with E-state index >= 15 is 0 Å². The van der Waals surface area contributed by atoms with Crippen LogP contribution in [-0.2, 0) is 9.59 Å². The number of rotatable bonds is 2. The van der Waals surface area contributed by atoms with Gasteiger partial charge in [0.25, 0.3) is 0 Å². The fraction of sp³-hybridized carbons (Fsp3) is 0.333. The van der Waals surface area contributed by atoms with Crippen LogP contribution in [0.3, 0.4) is 0 Å². The van der Waals surface area contributed by atoms with Crippen molar-refractivity contribution in [2.24, 2.45) is 5.73 Å². The maximum Gasteiger partial charge on any atom is 0.246 e. The fourth-order valence-corrected chi connectivity index (χ4v) is 2.33. The van der Waals surface area contributed by atoms with Crippen LogP contribution in [0.25, 0.3) is 0 Å². The second kappa shape index (κ2) is 5.07. The molecule has 1 aromatic rings. The van der Waals surface area contributed by atoms with Gasteiger partial charge in [-0.25, -0.2) is 0 Å². The average molecular weight is 312 g/mol. The quantitative estimate of drug-likeness (QED) is 0.797. The van der Waals surface area contributed by atoms with Crippen molar-refractivity contribution >= 4 is 33.4 Å². The van der Waals surface area contributed by atoms with Gasteiger partial charge in [0.2, 0.25) is 11.8 Å². The predicted molar refractivity (Wildman–Crippen MR) is 72.1 cm³/mol. The molecule has 3 N–H and O–H groups in total. The van der Waals surface area contributed by atoms with Gasteiger partial charge in [0.05, 0.1) is 13.1 Å². The van der Waals surface area contributed by atoms with Gasteiger partial charge < -0.3 is 10.6 Å². The fourth-order valence-electron chi connectivity index (χ4n) is 1.98. The number of nitrogens with two attached hydrogens (primary N) is 1. The van der Waals surface area contributed by atoms with Crippen LogP contribution in [0, 0.1) is 0 Å². The summed E-state index contributed by atoms with van der Waals surface area (Å²) in [6.07, 6.45) is 0. The number of carbonyl (C=O) groups is 2. The van der Waals surface area contributed by atoms with Crippen LogP contribution in [0.1, 0.15) is 18.5 Å². The van der Waals surface area contributed by atoms with Crippen molar-refractivity contribution in [1.82, 2.24) is 5.32 Å². The molecule has 0 aromatic heterocycles. The van der Waals surface area contributed by atoms with Crippen LogP contribution < -0.4 is 16.0 Å². The summed E-state index contributed by atoms with van der Waals surface area (Å²) in [7, 11) is 0. The summed E-state index contributed by atoms with van der Waals surface area (Å²) in [5.74, 6) is -0.580. The van der Waals surface area contributed by atoms with Crippen molar-refractivity contribution in [2.75, 3.05) is 18.0 Å². The number of carbonyl (C=O) groups excluding carboxylic acids is 2. The Morgan fingerprint density at radius 2 is 1.94 bits per heavy atom. The molecule has 0 radical (unpaired) electrons. The van der Waals surface area contributed by atoms with Gasteiger partial charge in [0.15, 0.2) is 0 Å². The highest BCUT2D eigenvalue weighted by atomic mass is 79.9. The number of hydrogen-bond donors (Lipinski definition) is 2. The lowest BCUT2D eigenvalue weighted by molar-refractivity contribution is -0.130. The van der Waals surface area contributed by atoms with E-state index in [4.69, 9.17) is 5.73 Å². The molecule has 1 saturated heterocycles. The molecule has 1 atom stereocenters. The van der Waals surface area contributed by atoms with E-state index in [-0.39, 0.29) is 30.9 Å². The van der Waals surface area contributed by atoms with Crippen molar-refractivity contribution in [2.45, 2.75) is 13.0 Å². The molecular formula is C12H14BrN3O2. The van der Waals surface area contributed by atoms with E-state index in [0.717, 1.165) is 15.7 Å². The zero-order valence-corrected chi connectivity index (χ0v) is 11.5. The SMILES string of the molecule is CC(N)c1ccc(Br)cc1N1CC(=O)NC(=O)C1. The molecule has 1 heterocycles. The smallest absolute Gasteiger partial charge is 0.246 e. The minimum atomic E-state index is -0.290. The molecule has 6 heteroatoms. The molecule has 96 valence electrons. The molecule has 0 aliphatic carbocycles. The monoisotopic (exact) mass is 311 g/mol. The maximum absolute atomic E-state index is 11.4. The number of amides is 2. The first-order valence-electron chi connectivity index (χ1n) is 5.60. The van der Waals surface area contributed by atoms with Gasteiger partial charge >= 0.3 is 0 Å². The molecule has 1 fully saturated rings. The molecular weight excluding hydrogens is 298 g/mol. The van der Waals surface area contributed by atoms with E-state index in [1.807, 2.05) is 25.1 Å². The second-order valence-corrected chi connectivity index (χ2v) is 5.23. The van der Waals surface area contributed by atoms with Crippen molar-refractivity contribution in [3.63, 3.8) is 0 Å². The van der Waals surface area contributed by atoms with Gasteiger partial charge in [0.1, 0.15) is 0 Å². The Morgan fingerprint density at radius 3 is 2.50 bits per heavy atom. The number of nitrogens with zero attached hydrogens (tertiary/aromatic N) is 1. The van der Waals surface area contributed by atoms with Gasteiger partial charge in [-0.2, -0.15) is 0 Å². The Bertz CT molecular complexity index is 486. The average Bonchev–Trinajstić information content (AvgIpc) is 2.27. The van der Waals surface area contributed by atoms with Crippen LogP contribution in [0.2, 0.25) is 0 Å². The molecule has 5 nitrogen and oxygen atoms in total. The van der Waals surface area contributed by atoms with Crippen LogP contribution in [0.15, 0.2) is 22.7 Å². The first kappa shape index (κ1) is 13.0. The number of benzene rings is 1. The summed E-state index contributed by atoms with van der Waals surface area (Å²) >= 11 is 3.39. The highest BCUT2D eigenvalue weighted by Gasteiger charge is 2.25. The summed E-state index contributed by atoms with van der Waals surface area (Å²) in [6, 6.07) is 5.52. The summed E-state index contributed by atoms with van der Waals surface area (Å²) in [4.78, 5) is 24.6. The molecule has 1 aliphatic heterocycles. The summed E-state index contributed by atoms with van der Waals surface area (Å²) < 4.78 is 0.889. The molecule has 2 rings (SSSR count). The topological polar surface area (TPSA) is 75.4 Å². The van der Waals surface area contributed by atoms with Crippen molar-refractivity contribution in [1.29, 1.82) is 0 Å². The zero-order valence-electron chi connectivity index (χ0n) is 9.94. The third-order valence-electron chi connectivity index (χ3n) is 2.77. The lowest BCUT2D eigenvalue weighted by Gasteiger charge is -2.30. The third-order valence-corrected chi connectivity index (χ3v) is 3.26. The van der Waals surface area contributed by atoms with Gasteiger partial charge in [-0.15, -0.1) is 0 Å². The van der Waals surface area contributed by atoms with E-state index in [1.165, 1.54) is 0 Å². The van der Waals surface area contributed by atoms with Crippen molar-refractivity contribution in [3.05, 3.63) is 28.2 Å². The van der Waals surface area contributed by atoms with Gasteiger partial charge in [0, 0.05) is 16.2 Å². The van der Waals surface area contributed by atoms with Crippen LogP contribution in [0.5, 0.6) is 0 Å². The van der Waals surface area contributed by atoms with E-state index in [0.29, 0.717) is 0 Å². The minimum Gasteiger partial charge on any atom is -0.353 e. The first-order valence-corrected chi connectivity index (χ1v) is 6.39. The molecule has 18 heavy (non-hydrogen) atoms. The lowest BCUT2D eigenvalue weighted by atomic mass is 10.1. The normalized spacial score (nSPS) is 17.6. The highest BCUT2D eigenvalue weighted by Crippen LogP contribution is 2.29. The van der Waals surface area contributed by atoms with E-state index in [2.05, 4.69) is 21.2 Å². The summed E-state index contributed by atoms with van der Waals surface area (Å²) in [5, 5.41) is 2.28. The molecule has 0 bridgehead atoms. The molecule has 0 spiro atoms. The molecule has 0 saturated carbocycles. The second-order valence-electron chi connectivity index (χ2n) is 4.32.